The maximum Gasteiger partial charge on any atom is 0.101 e. The minimum Gasteiger partial charge on any atom is -0.396 e. The molecule has 0 fully saturated rings. The number of aliphatic hydroxyl groups excluding tert-OH is 16. The molecule has 0 rings (SSSR count). The Morgan fingerprint density at radius 2 is 0.387 bits per heavy atom. The Kier molecular flexibility index (Phi) is 227. The number of unbranched alkanes of at least 4 members (excludes halogenated alkanes) is 2. The van der Waals surface area contributed by atoms with E-state index in [-0.39, 0.29) is 132 Å². The van der Waals surface area contributed by atoms with Gasteiger partial charge in [0.15, 0.2) is 0 Å². The number of aliphatic hydroxyl groups is 16. The molecule has 21 N–H and O–H groups in total. The van der Waals surface area contributed by atoms with Crippen LogP contribution in [-0.4, -0.2) is 627 Å². The molecule has 5 unspecified atom stereocenters. The fourth-order valence-corrected chi connectivity index (χ4v) is 8.49. The molecule has 0 aliphatic heterocycles. The van der Waals surface area contributed by atoms with E-state index in [9.17, 15) is 10.2 Å². The summed E-state index contributed by atoms with van der Waals surface area (Å²) in [5.41, 5.74) is 5.18. The Labute approximate surface area is 903 Å². The third-order valence-corrected chi connectivity index (χ3v) is 15.6. The van der Waals surface area contributed by atoms with Crippen LogP contribution in [0.15, 0.2) is 0 Å². The molecule has 0 aromatic carbocycles. The van der Waals surface area contributed by atoms with Crippen LogP contribution in [0.3, 0.4) is 0 Å². The lowest BCUT2D eigenvalue weighted by atomic mass is 10.2. The maximum absolute atomic E-state index is 9.53. The molecule has 0 spiro atoms. The van der Waals surface area contributed by atoms with Gasteiger partial charge in [-0.25, -0.2) is 0 Å². The largest absolute Gasteiger partial charge is 0.396 e. The van der Waals surface area contributed by atoms with E-state index in [0.29, 0.717) is 323 Å². The van der Waals surface area contributed by atoms with Gasteiger partial charge in [0, 0.05) is 138 Å². The summed E-state index contributed by atoms with van der Waals surface area (Å²) < 4.78 is 152. The van der Waals surface area contributed by atoms with Crippen molar-refractivity contribution in [1.82, 2.24) is 16.0 Å². The van der Waals surface area contributed by atoms with E-state index in [1.165, 1.54) is 0 Å². The normalized spacial score (nSPS) is 11.5. The van der Waals surface area contributed by atoms with Crippen LogP contribution in [0.1, 0.15) is 116 Å². The SMILES string of the molecule is CCNCCOCCO.CCOCC(O)CO.CCOCCCCCO.CCOCCO.CCOCCOCC(O)CO.CCOCCOCC(O)COCCO.CCOCCOCCN.CCOCCOCCNCC(CO)OCCO.CCOCCOCCNCCO.CCOCCOCCO.CCOCCOCCOCC(O)COCCOCC.CCOCCOCCOCCO.CCOCCOCCOCCOCCO. The van der Waals surface area contributed by atoms with Crippen LogP contribution in [0.4, 0.5) is 0 Å². The molecule has 0 aliphatic rings. The molecule has 0 amide bonds. The molecule has 0 aromatic heterocycles. The summed E-state index contributed by atoms with van der Waals surface area (Å²) in [7, 11) is 0. The fraction of sp³-hybridized carbons (Fsp3) is 1.00. The van der Waals surface area contributed by atoms with Crippen LogP contribution in [-0.2, 0) is 142 Å². The van der Waals surface area contributed by atoms with E-state index < -0.39 is 24.4 Å². The molecule has 0 aliphatic carbocycles. The summed E-state index contributed by atoms with van der Waals surface area (Å²) in [4.78, 5) is 0. The van der Waals surface area contributed by atoms with Crippen LogP contribution in [0.2, 0.25) is 0 Å². The molecule has 50 nitrogen and oxygen atoms in total. The number of hydrogen-bond acceptors (Lipinski definition) is 50. The first kappa shape index (κ1) is 175. The van der Waals surface area contributed by atoms with Gasteiger partial charge in [0.1, 0.15) is 24.4 Å². The van der Waals surface area contributed by atoms with Crippen molar-refractivity contribution < 1.29 is 224 Å². The maximum atomic E-state index is 9.53. The molecular formula is C100H230N4O46. The number of rotatable bonds is 106. The first-order valence-electron chi connectivity index (χ1n) is 53.6. The minimum atomic E-state index is -0.767. The standard InChI is InChI=1S/C13H28O6.C11H25NO5.C10H22O5.C9H20O5.C8H19NO3.C8H18O4.C7H16O4.C7H16O2.2C6H15NO2.C6H14O3.C5H12O3.C4H10O2/c1-3-15-5-7-17-8-10-19-12-13(14)11-18-9-6-16-4-2;1-2-15-7-8-16-5-3-12-9-11(10-14)17-6-4-13;1-2-12-5-6-14-9-10-15-8-7-13-4-3-11;1-2-12-5-6-14-8-9(11)7-13-4-3-10;1-2-11-7-8-12-6-4-9-3-5-10;1-2-10-5-6-12-8-7-11-4-3-9;1-2-10-3-4-11-6-7(9)5-8;1-2-9-7-5-3-4-6-8;1-2-7-3-5-9-6-4-8;2*1-2-8-5-6-9-4-3-7;1-2-8-4-5(7)3-6;1-2-6-4-3-5/h13-14H,3-12H2,1-2H3;11-14H,2-10H2,1H3;11H,2-10H2,1H3;9-11H,2-8H2,1H3;9-10H,2-8H2,1H3;9H,2-8H2,1H3;7-9H,2-6H2,1H3;8H,2-7H2,1H3;7-8H,2-6H2,1H3;2-7H2,1H3;7H,2-6H2,1H3;5-7H,2-4H2,1H3;5H,2-4H2,1H3. The van der Waals surface area contributed by atoms with E-state index in [0.717, 1.165) is 85.1 Å². The second-order valence-electron chi connectivity index (χ2n) is 28.5. The number of hydrogen-bond donors (Lipinski definition) is 20. The second kappa shape index (κ2) is 194. The fourth-order valence-electron chi connectivity index (χ4n) is 8.49. The molecule has 0 heterocycles. The Bertz CT molecular complexity index is 1830. The highest BCUT2D eigenvalue weighted by atomic mass is 16.6. The van der Waals surface area contributed by atoms with Gasteiger partial charge >= 0.3 is 0 Å². The molecule has 0 aromatic rings. The minimum absolute atomic E-state index is 0.0298. The molecule has 0 saturated carbocycles. The van der Waals surface area contributed by atoms with Gasteiger partial charge in [-0.3, -0.25) is 0 Å². The van der Waals surface area contributed by atoms with Crippen molar-refractivity contribution in [2.75, 3.05) is 515 Å². The summed E-state index contributed by atoms with van der Waals surface area (Å²) in [5.74, 6) is 0. The topological polar surface area (TPSA) is 663 Å². The van der Waals surface area contributed by atoms with Gasteiger partial charge in [0.25, 0.3) is 0 Å². The van der Waals surface area contributed by atoms with Gasteiger partial charge in [-0.2, -0.15) is 0 Å². The monoisotopic (exact) mass is 2220 g/mol. The predicted octanol–water partition coefficient (Wildman–Crippen LogP) is -1.78. The third-order valence-electron chi connectivity index (χ3n) is 15.6. The van der Waals surface area contributed by atoms with E-state index in [1.807, 2.05) is 96.9 Å². The van der Waals surface area contributed by atoms with Gasteiger partial charge < -0.3 is 245 Å². The van der Waals surface area contributed by atoms with Crippen molar-refractivity contribution in [3.8, 4) is 0 Å². The molecule has 50 heteroatoms. The van der Waals surface area contributed by atoms with Gasteiger partial charge in [0.05, 0.1) is 376 Å². The van der Waals surface area contributed by atoms with Crippen LogP contribution in [0.5, 0.6) is 0 Å². The van der Waals surface area contributed by atoms with Crippen LogP contribution in [0, 0.1) is 0 Å². The lowest BCUT2D eigenvalue weighted by Gasteiger charge is -2.15. The lowest BCUT2D eigenvalue weighted by Crippen LogP contribution is -2.34. The van der Waals surface area contributed by atoms with Crippen molar-refractivity contribution in [2.45, 2.75) is 147 Å². The highest BCUT2D eigenvalue weighted by molar-refractivity contribution is 4.60. The third kappa shape index (κ3) is 232. The van der Waals surface area contributed by atoms with Crippen molar-refractivity contribution in [1.29, 1.82) is 0 Å². The molecule has 926 valence electrons. The molecule has 0 bridgehead atoms. The number of likely N-dealkylation sites (N-methyl/N-ethyl adjacent to an activating group) is 1. The average Bonchev–Trinajstić information content (AvgIpc) is 1.02. The summed E-state index contributed by atoms with van der Waals surface area (Å²) in [6, 6.07) is 0. The molecule has 5 atom stereocenters. The van der Waals surface area contributed by atoms with E-state index in [2.05, 4.69) is 16.0 Å². The van der Waals surface area contributed by atoms with Gasteiger partial charge in [-0.05, 0) is 116 Å². The van der Waals surface area contributed by atoms with E-state index in [1.54, 1.807) is 0 Å². The quantitative estimate of drug-likeness (QED) is 0.0299. The summed E-state index contributed by atoms with van der Waals surface area (Å²) in [5, 5.41) is 146. The van der Waals surface area contributed by atoms with Gasteiger partial charge in [-0.1, -0.05) is 6.92 Å². The van der Waals surface area contributed by atoms with Crippen LogP contribution in [0.25, 0.3) is 0 Å². The molecule has 150 heavy (non-hydrogen) atoms. The number of nitrogens with two attached hydrogens (primary N) is 1. The highest BCUT2D eigenvalue weighted by Gasteiger charge is 2.09. The van der Waals surface area contributed by atoms with Crippen molar-refractivity contribution in [2.24, 2.45) is 5.73 Å². The summed E-state index contributed by atoms with van der Waals surface area (Å²) in [6.45, 7) is 65.2. The zero-order chi connectivity index (χ0) is 114. The second-order valence-corrected chi connectivity index (χ2v) is 28.5. The first-order valence-corrected chi connectivity index (χ1v) is 53.6. The lowest BCUT2D eigenvalue weighted by molar-refractivity contribution is -0.0435. The summed E-state index contributed by atoms with van der Waals surface area (Å²) >= 11 is 0. The molecular weight excluding hydrogens is 1990 g/mol. The molecule has 0 radical (unpaired) electrons. The van der Waals surface area contributed by atoms with E-state index >= 15 is 0 Å². The van der Waals surface area contributed by atoms with Crippen LogP contribution < -0.4 is 21.7 Å². The van der Waals surface area contributed by atoms with Crippen LogP contribution >= 0.6 is 0 Å². The summed E-state index contributed by atoms with van der Waals surface area (Å²) in [6.07, 6.45) is 0.0724. The number of nitrogens with one attached hydrogen (secondary N) is 3. The van der Waals surface area contributed by atoms with Crippen molar-refractivity contribution >= 4 is 0 Å². The highest BCUT2D eigenvalue weighted by Crippen LogP contribution is 1.97. The Morgan fingerprint density at radius 1 is 0.173 bits per heavy atom. The van der Waals surface area contributed by atoms with Gasteiger partial charge in [-0.15, -0.1) is 0 Å². The smallest absolute Gasteiger partial charge is 0.101 e. The zero-order valence-electron chi connectivity index (χ0n) is 95.6. The Balaban J connectivity index is -0.000000124. The predicted molar refractivity (Wildman–Crippen MR) is 573 cm³/mol. The van der Waals surface area contributed by atoms with Crippen molar-refractivity contribution in [3.05, 3.63) is 0 Å². The zero-order valence-corrected chi connectivity index (χ0v) is 95.6. The number of ether oxygens (including phenoxy) is 30. The first-order chi connectivity index (χ1) is 73.4. The molecule has 0 saturated heterocycles. The Hall–Kier alpha value is -2.00. The Morgan fingerprint density at radius 3 is 0.640 bits per heavy atom. The average molecular weight is 2220 g/mol. The van der Waals surface area contributed by atoms with Gasteiger partial charge in [0.2, 0.25) is 0 Å². The van der Waals surface area contributed by atoms with Crippen molar-refractivity contribution in [3.63, 3.8) is 0 Å². The van der Waals surface area contributed by atoms with E-state index in [4.69, 9.17) is 219 Å².